The number of furan rings is 1. The summed E-state index contributed by atoms with van der Waals surface area (Å²) in [6.07, 6.45) is 0. The second-order valence-electron chi connectivity index (χ2n) is 11.4. The highest BCUT2D eigenvalue weighted by atomic mass is 32.1. The molecular weight excluding hydrogens is 581 g/mol. The standard InChI is InChI=1S/C42H28N2OS/c1-4-12-29(13-5-1)43(30-14-6-2-7-15-30)34-21-24-37-38-26-32(22-25-41(38)46-42(37)28-34)44(31-16-8-3-9-17-31)33-20-23-36-35-18-10-11-19-39(35)45-40(36)27-33/h1-28H. The third-order valence-corrected chi connectivity index (χ3v) is 9.75. The molecule has 0 radical (unpaired) electrons. The normalized spacial score (nSPS) is 11.5. The smallest absolute Gasteiger partial charge is 0.137 e. The lowest BCUT2D eigenvalue weighted by atomic mass is 10.1. The molecule has 0 amide bonds. The van der Waals surface area contributed by atoms with Gasteiger partial charge in [0.25, 0.3) is 0 Å². The van der Waals surface area contributed by atoms with Crippen LogP contribution >= 0.6 is 11.3 Å². The Bertz CT molecular complexity index is 2440. The van der Waals surface area contributed by atoms with E-state index in [9.17, 15) is 0 Å². The molecular formula is C42H28N2OS. The number of para-hydroxylation sites is 4. The van der Waals surface area contributed by atoms with Crippen molar-refractivity contribution in [2.45, 2.75) is 0 Å². The summed E-state index contributed by atoms with van der Waals surface area (Å²) >= 11 is 1.84. The summed E-state index contributed by atoms with van der Waals surface area (Å²) in [4.78, 5) is 4.64. The molecule has 0 unspecified atom stereocenters. The molecule has 0 bridgehead atoms. The van der Waals surface area contributed by atoms with Crippen LogP contribution in [-0.2, 0) is 0 Å². The maximum absolute atomic E-state index is 6.30. The van der Waals surface area contributed by atoms with Gasteiger partial charge in [-0.2, -0.15) is 0 Å². The lowest BCUT2D eigenvalue weighted by molar-refractivity contribution is 0.669. The molecule has 0 fully saturated rings. The minimum absolute atomic E-state index is 0.885. The van der Waals surface area contributed by atoms with Crippen LogP contribution in [0.4, 0.5) is 34.1 Å². The Labute approximate surface area is 270 Å². The van der Waals surface area contributed by atoms with Crippen molar-refractivity contribution in [2.75, 3.05) is 9.80 Å². The number of benzene rings is 7. The van der Waals surface area contributed by atoms with E-state index in [0.29, 0.717) is 0 Å². The van der Waals surface area contributed by atoms with Gasteiger partial charge >= 0.3 is 0 Å². The number of fused-ring (bicyclic) bond motifs is 6. The molecule has 218 valence electrons. The minimum atomic E-state index is 0.885. The van der Waals surface area contributed by atoms with Gasteiger partial charge in [-0.3, -0.25) is 0 Å². The summed E-state index contributed by atoms with van der Waals surface area (Å²) in [6.45, 7) is 0. The van der Waals surface area contributed by atoms with Crippen molar-refractivity contribution in [3.05, 3.63) is 170 Å². The number of hydrogen-bond donors (Lipinski definition) is 0. The zero-order valence-corrected chi connectivity index (χ0v) is 25.7. The molecule has 0 aliphatic carbocycles. The van der Waals surface area contributed by atoms with Crippen LogP contribution in [0.1, 0.15) is 0 Å². The van der Waals surface area contributed by atoms with Crippen molar-refractivity contribution >= 4 is 87.6 Å². The third kappa shape index (κ3) is 4.50. The van der Waals surface area contributed by atoms with Crippen LogP contribution in [0.5, 0.6) is 0 Å². The molecule has 0 N–H and O–H groups in total. The van der Waals surface area contributed by atoms with Crippen LogP contribution in [-0.4, -0.2) is 0 Å². The van der Waals surface area contributed by atoms with E-state index in [4.69, 9.17) is 4.42 Å². The zero-order valence-electron chi connectivity index (χ0n) is 24.9. The second-order valence-corrected chi connectivity index (χ2v) is 12.5. The summed E-state index contributed by atoms with van der Waals surface area (Å²) in [5.41, 5.74) is 8.46. The molecule has 0 spiro atoms. The molecule has 9 rings (SSSR count). The molecule has 46 heavy (non-hydrogen) atoms. The first-order chi connectivity index (χ1) is 22.8. The maximum atomic E-state index is 6.30. The molecule has 9 aromatic rings. The molecule has 0 saturated carbocycles. The first-order valence-electron chi connectivity index (χ1n) is 15.4. The Balaban J connectivity index is 1.18. The lowest BCUT2D eigenvalue weighted by Gasteiger charge is -2.25. The molecule has 4 heteroatoms. The van der Waals surface area contributed by atoms with Crippen molar-refractivity contribution in [3.8, 4) is 0 Å². The summed E-state index contributed by atoms with van der Waals surface area (Å²) in [7, 11) is 0. The molecule has 3 nitrogen and oxygen atoms in total. The van der Waals surface area contributed by atoms with Gasteiger partial charge in [0.05, 0.1) is 0 Å². The quantitative estimate of drug-likeness (QED) is 0.187. The van der Waals surface area contributed by atoms with Crippen molar-refractivity contribution in [2.24, 2.45) is 0 Å². The average Bonchev–Trinajstić information content (AvgIpc) is 3.67. The predicted molar refractivity (Wildman–Crippen MR) is 196 cm³/mol. The highest BCUT2D eigenvalue weighted by molar-refractivity contribution is 7.25. The molecule has 0 aliphatic heterocycles. The lowest BCUT2D eigenvalue weighted by Crippen LogP contribution is -2.09. The fourth-order valence-corrected chi connectivity index (χ4v) is 7.63. The van der Waals surface area contributed by atoms with E-state index >= 15 is 0 Å². The van der Waals surface area contributed by atoms with Gasteiger partial charge < -0.3 is 14.2 Å². The molecule has 2 heterocycles. The highest BCUT2D eigenvalue weighted by Crippen LogP contribution is 2.44. The Morgan fingerprint density at radius 3 is 1.50 bits per heavy atom. The fourth-order valence-electron chi connectivity index (χ4n) is 6.51. The SMILES string of the molecule is c1ccc(N(c2ccccc2)c2ccc3c(c2)sc2ccc(N(c4ccccc4)c4ccc5c(c4)oc4ccccc45)cc23)cc1. The highest BCUT2D eigenvalue weighted by Gasteiger charge is 2.18. The average molecular weight is 609 g/mol. The van der Waals surface area contributed by atoms with Gasteiger partial charge in [-0.15, -0.1) is 11.3 Å². The minimum Gasteiger partial charge on any atom is -0.456 e. The number of anilines is 6. The van der Waals surface area contributed by atoms with E-state index in [1.54, 1.807) is 0 Å². The summed E-state index contributed by atoms with van der Waals surface area (Å²) in [5.74, 6) is 0. The zero-order chi connectivity index (χ0) is 30.5. The topological polar surface area (TPSA) is 19.6 Å². The van der Waals surface area contributed by atoms with E-state index in [1.165, 1.54) is 20.2 Å². The first-order valence-corrected chi connectivity index (χ1v) is 16.2. The van der Waals surface area contributed by atoms with Crippen LogP contribution in [0.3, 0.4) is 0 Å². The first kappa shape index (κ1) is 26.6. The van der Waals surface area contributed by atoms with Gasteiger partial charge in [-0.05, 0) is 84.9 Å². The van der Waals surface area contributed by atoms with Gasteiger partial charge in [-0.25, -0.2) is 0 Å². The molecule has 0 saturated heterocycles. The Morgan fingerprint density at radius 2 is 0.826 bits per heavy atom. The monoisotopic (exact) mass is 608 g/mol. The number of hydrogen-bond acceptors (Lipinski definition) is 4. The van der Waals surface area contributed by atoms with Gasteiger partial charge in [0.1, 0.15) is 11.2 Å². The van der Waals surface area contributed by atoms with Crippen LogP contribution in [0.2, 0.25) is 0 Å². The van der Waals surface area contributed by atoms with E-state index in [1.807, 2.05) is 23.5 Å². The van der Waals surface area contributed by atoms with Crippen LogP contribution < -0.4 is 9.80 Å². The number of thiophene rings is 1. The Morgan fingerprint density at radius 1 is 0.326 bits per heavy atom. The van der Waals surface area contributed by atoms with E-state index in [0.717, 1.165) is 56.1 Å². The van der Waals surface area contributed by atoms with Crippen molar-refractivity contribution in [3.63, 3.8) is 0 Å². The fraction of sp³-hybridized carbons (Fsp3) is 0. The largest absolute Gasteiger partial charge is 0.456 e. The van der Waals surface area contributed by atoms with Gasteiger partial charge in [0.2, 0.25) is 0 Å². The van der Waals surface area contributed by atoms with Gasteiger partial charge in [0.15, 0.2) is 0 Å². The molecule has 7 aromatic carbocycles. The van der Waals surface area contributed by atoms with Gasteiger partial charge in [0, 0.05) is 71.1 Å². The second kappa shape index (κ2) is 11.0. The molecule has 0 atom stereocenters. The predicted octanol–water partition coefficient (Wildman–Crippen LogP) is 12.9. The summed E-state index contributed by atoms with van der Waals surface area (Å²) < 4.78 is 8.82. The summed E-state index contributed by atoms with van der Waals surface area (Å²) in [6, 6.07) is 60.1. The Hall–Kier alpha value is -5.84. The molecule has 2 aromatic heterocycles. The van der Waals surface area contributed by atoms with E-state index < -0.39 is 0 Å². The van der Waals surface area contributed by atoms with Crippen molar-refractivity contribution in [1.29, 1.82) is 0 Å². The van der Waals surface area contributed by atoms with Crippen LogP contribution in [0.15, 0.2) is 174 Å². The molecule has 0 aliphatic rings. The number of nitrogens with zero attached hydrogens (tertiary/aromatic N) is 2. The van der Waals surface area contributed by atoms with Gasteiger partial charge in [-0.1, -0.05) is 78.9 Å². The van der Waals surface area contributed by atoms with Crippen LogP contribution in [0.25, 0.3) is 42.1 Å². The van der Waals surface area contributed by atoms with E-state index in [-0.39, 0.29) is 0 Å². The van der Waals surface area contributed by atoms with E-state index in [2.05, 4.69) is 168 Å². The Kier molecular flexibility index (Phi) is 6.32. The van der Waals surface area contributed by atoms with Crippen LogP contribution in [0, 0.1) is 0 Å². The van der Waals surface area contributed by atoms with Crippen molar-refractivity contribution < 1.29 is 4.42 Å². The summed E-state index contributed by atoms with van der Waals surface area (Å²) in [5, 5.41) is 4.77. The third-order valence-electron chi connectivity index (χ3n) is 8.62. The maximum Gasteiger partial charge on any atom is 0.137 e. The number of rotatable bonds is 6. The van der Waals surface area contributed by atoms with Crippen molar-refractivity contribution in [1.82, 2.24) is 0 Å².